The van der Waals surface area contributed by atoms with Crippen molar-refractivity contribution in [2.24, 2.45) is 7.05 Å². The number of alkyl halides is 3. The van der Waals surface area contributed by atoms with Crippen LogP contribution in [0.15, 0.2) is 27.8 Å². The monoisotopic (exact) mass is 384 g/mol. The van der Waals surface area contributed by atoms with Crippen molar-refractivity contribution in [3.05, 3.63) is 56.2 Å². The lowest BCUT2D eigenvalue weighted by atomic mass is 10.1. The van der Waals surface area contributed by atoms with Crippen LogP contribution in [0.25, 0.3) is 15.8 Å². The second-order valence-corrected chi connectivity index (χ2v) is 6.11. The van der Waals surface area contributed by atoms with Crippen LogP contribution in [0.1, 0.15) is 11.4 Å². The number of aromatic nitrogens is 3. The average molecular weight is 384 g/mol. The van der Waals surface area contributed by atoms with Crippen LogP contribution in [0, 0.1) is 17.1 Å². The Morgan fingerprint density at radius 2 is 1.96 bits per heavy atom. The van der Waals surface area contributed by atoms with E-state index in [0.717, 1.165) is 30.7 Å². The molecule has 0 saturated carbocycles. The van der Waals surface area contributed by atoms with Gasteiger partial charge in [0.1, 0.15) is 11.5 Å². The molecule has 26 heavy (non-hydrogen) atoms. The summed E-state index contributed by atoms with van der Waals surface area (Å²) in [6.07, 6.45) is -4.99. The first-order valence-electron chi connectivity index (χ1n) is 7.00. The maximum atomic E-state index is 14.4. The van der Waals surface area contributed by atoms with Gasteiger partial charge in [-0.3, -0.25) is 9.36 Å². The third-order valence-corrected chi connectivity index (χ3v) is 4.56. The molecule has 0 unspecified atom stereocenters. The maximum absolute atomic E-state index is 14.4. The van der Waals surface area contributed by atoms with Gasteiger partial charge < -0.3 is 0 Å². The normalized spacial score (nSPS) is 11.7. The van der Waals surface area contributed by atoms with E-state index in [1.54, 1.807) is 0 Å². The summed E-state index contributed by atoms with van der Waals surface area (Å²) in [7, 11) is 0.838. The van der Waals surface area contributed by atoms with Gasteiger partial charge in [0.15, 0.2) is 0 Å². The van der Waals surface area contributed by atoms with Crippen LogP contribution in [-0.2, 0) is 19.6 Å². The lowest BCUT2D eigenvalue weighted by molar-refractivity contribution is -0.144. The number of fused-ring (bicyclic) bond motifs is 1. The third-order valence-electron chi connectivity index (χ3n) is 3.71. The van der Waals surface area contributed by atoms with Crippen molar-refractivity contribution in [2.45, 2.75) is 12.6 Å². The van der Waals surface area contributed by atoms with E-state index in [-0.39, 0.29) is 17.1 Å². The number of rotatable bonds is 2. The lowest BCUT2D eigenvalue weighted by Gasteiger charge is -2.14. The summed E-state index contributed by atoms with van der Waals surface area (Å²) >= 11 is 0.929. The molecule has 0 amide bonds. The Morgan fingerprint density at radius 3 is 2.58 bits per heavy atom. The SMILES string of the molecule is Cn1c(C(F)(F)F)cc(=O)n(-c2cc3c(CC#N)nsc3cc2F)c1=O. The van der Waals surface area contributed by atoms with Crippen LogP contribution in [0.5, 0.6) is 0 Å². The van der Waals surface area contributed by atoms with E-state index < -0.39 is 34.6 Å². The van der Waals surface area contributed by atoms with Crippen molar-refractivity contribution in [3.63, 3.8) is 0 Å². The topological polar surface area (TPSA) is 80.7 Å². The van der Waals surface area contributed by atoms with Crippen molar-refractivity contribution >= 4 is 21.6 Å². The minimum atomic E-state index is -4.91. The van der Waals surface area contributed by atoms with Crippen molar-refractivity contribution in [1.82, 2.24) is 13.5 Å². The van der Waals surface area contributed by atoms with Gasteiger partial charge >= 0.3 is 11.9 Å². The second-order valence-electron chi connectivity index (χ2n) is 5.31. The van der Waals surface area contributed by atoms with Crippen molar-refractivity contribution in [2.75, 3.05) is 0 Å². The molecule has 0 bridgehead atoms. The van der Waals surface area contributed by atoms with Gasteiger partial charge in [-0.2, -0.15) is 22.8 Å². The fourth-order valence-corrected chi connectivity index (χ4v) is 3.29. The molecule has 0 spiro atoms. The van der Waals surface area contributed by atoms with Crippen LogP contribution < -0.4 is 11.2 Å². The second kappa shape index (κ2) is 6.06. The van der Waals surface area contributed by atoms with Gasteiger partial charge in [0, 0.05) is 18.5 Å². The number of nitriles is 1. The molecular weight excluding hydrogens is 376 g/mol. The predicted molar refractivity (Wildman–Crippen MR) is 84.7 cm³/mol. The molecule has 3 aromatic rings. The molecule has 2 aromatic heterocycles. The molecule has 6 nitrogen and oxygen atoms in total. The smallest absolute Gasteiger partial charge is 0.292 e. The highest BCUT2D eigenvalue weighted by Crippen LogP contribution is 2.29. The summed E-state index contributed by atoms with van der Waals surface area (Å²) in [5.74, 6) is -0.969. The van der Waals surface area contributed by atoms with Gasteiger partial charge in [-0.05, 0) is 23.7 Å². The molecule has 2 heterocycles. The summed E-state index contributed by atoms with van der Waals surface area (Å²) in [6.45, 7) is 0. The Hall–Kier alpha value is -3.00. The largest absolute Gasteiger partial charge is 0.431 e. The summed E-state index contributed by atoms with van der Waals surface area (Å²) in [5, 5.41) is 9.14. The summed E-state index contributed by atoms with van der Waals surface area (Å²) in [4.78, 5) is 24.4. The van der Waals surface area contributed by atoms with Crippen molar-refractivity contribution in [3.8, 4) is 11.8 Å². The van der Waals surface area contributed by atoms with Gasteiger partial charge in [-0.15, -0.1) is 0 Å². The molecule has 0 aliphatic carbocycles. The highest BCUT2D eigenvalue weighted by Gasteiger charge is 2.35. The molecular formula is C15H8F4N4O2S. The Balaban J connectivity index is 2.34. The molecule has 1 aromatic carbocycles. The first kappa shape index (κ1) is 17.8. The molecule has 0 aliphatic heterocycles. The molecule has 0 radical (unpaired) electrons. The minimum Gasteiger partial charge on any atom is -0.292 e. The van der Waals surface area contributed by atoms with Crippen molar-refractivity contribution < 1.29 is 17.6 Å². The Morgan fingerprint density at radius 1 is 1.27 bits per heavy atom. The van der Waals surface area contributed by atoms with Crippen LogP contribution in [-0.4, -0.2) is 13.5 Å². The molecule has 134 valence electrons. The third kappa shape index (κ3) is 2.78. The predicted octanol–water partition coefficient (Wildman–Crippen LogP) is 2.37. The van der Waals surface area contributed by atoms with E-state index in [1.807, 2.05) is 6.07 Å². The average Bonchev–Trinajstić information content (AvgIpc) is 2.92. The van der Waals surface area contributed by atoms with Crippen LogP contribution in [0.2, 0.25) is 0 Å². The Kier molecular flexibility index (Phi) is 4.15. The Labute approximate surface area is 146 Å². The molecule has 0 atom stereocenters. The maximum Gasteiger partial charge on any atom is 0.431 e. The highest BCUT2D eigenvalue weighted by atomic mass is 32.1. The van der Waals surface area contributed by atoms with E-state index in [4.69, 9.17) is 5.26 Å². The fourth-order valence-electron chi connectivity index (χ4n) is 2.49. The number of hydrogen-bond acceptors (Lipinski definition) is 5. The lowest BCUT2D eigenvalue weighted by Crippen LogP contribution is -2.41. The van der Waals surface area contributed by atoms with Gasteiger partial charge in [0.05, 0.1) is 28.6 Å². The fraction of sp³-hybridized carbons (Fsp3) is 0.200. The van der Waals surface area contributed by atoms with E-state index in [1.165, 1.54) is 0 Å². The zero-order valence-electron chi connectivity index (χ0n) is 13.0. The highest BCUT2D eigenvalue weighted by molar-refractivity contribution is 7.13. The number of benzene rings is 1. The van der Waals surface area contributed by atoms with Crippen molar-refractivity contribution in [1.29, 1.82) is 5.26 Å². The molecule has 0 fully saturated rings. The molecule has 0 saturated heterocycles. The zero-order chi connectivity index (χ0) is 19.2. The van der Waals surface area contributed by atoms with Gasteiger partial charge in [-0.1, -0.05) is 0 Å². The first-order chi connectivity index (χ1) is 12.1. The van der Waals surface area contributed by atoms with E-state index in [0.29, 0.717) is 20.3 Å². The molecule has 3 rings (SSSR count). The molecule has 0 N–H and O–H groups in total. The van der Waals surface area contributed by atoms with Crippen LogP contribution in [0.3, 0.4) is 0 Å². The Bertz CT molecular complexity index is 1180. The van der Waals surface area contributed by atoms with Crippen LogP contribution in [0.4, 0.5) is 17.6 Å². The van der Waals surface area contributed by atoms with Gasteiger partial charge in [0.25, 0.3) is 5.56 Å². The van der Waals surface area contributed by atoms with E-state index >= 15 is 0 Å². The summed E-state index contributed by atoms with van der Waals surface area (Å²) < 4.78 is 58.1. The quantitative estimate of drug-likeness (QED) is 0.636. The minimum absolute atomic E-state index is 0.0784. The molecule has 11 heteroatoms. The van der Waals surface area contributed by atoms with E-state index in [9.17, 15) is 27.2 Å². The van der Waals surface area contributed by atoms with Gasteiger partial charge in [0.2, 0.25) is 0 Å². The summed E-state index contributed by atoms with van der Waals surface area (Å²) in [6, 6.07) is 4.27. The van der Waals surface area contributed by atoms with Crippen LogP contribution >= 0.6 is 11.5 Å². The number of nitrogens with zero attached hydrogens (tertiary/aromatic N) is 4. The van der Waals surface area contributed by atoms with Gasteiger partial charge in [-0.25, -0.2) is 13.8 Å². The zero-order valence-corrected chi connectivity index (χ0v) is 13.8. The molecule has 0 aliphatic rings. The number of hydrogen-bond donors (Lipinski definition) is 0. The first-order valence-corrected chi connectivity index (χ1v) is 7.78. The standard InChI is InChI=1S/C15H8F4N4O2S/c1-22-12(15(17,18)19)6-13(24)23(14(22)25)10-4-7-9(2-3-20)21-26-11(7)5-8(10)16/h4-6H,2H2,1H3. The number of halogens is 4. The van der Waals surface area contributed by atoms with E-state index in [2.05, 4.69) is 4.37 Å². The summed E-state index contributed by atoms with van der Waals surface area (Å²) in [5.41, 5.74) is -4.27.